The third-order valence-corrected chi connectivity index (χ3v) is 4.62. The van der Waals surface area contributed by atoms with Gasteiger partial charge in [-0.3, -0.25) is 19.7 Å². The maximum absolute atomic E-state index is 12.9. The molecule has 0 saturated heterocycles. The minimum absolute atomic E-state index is 0.00746. The summed E-state index contributed by atoms with van der Waals surface area (Å²) in [6, 6.07) is 10.7. The average Bonchev–Trinajstić information content (AvgIpc) is 3.46. The molecule has 29 heavy (non-hydrogen) atoms. The number of carbonyl (C=O) groups is 2. The molecule has 2 aromatic heterocycles. The fourth-order valence-electron chi connectivity index (χ4n) is 3.28. The van der Waals surface area contributed by atoms with Crippen LogP contribution in [-0.4, -0.2) is 26.6 Å². The van der Waals surface area contributed by atoms with Crippen molar-refractivity contribution in [3.8, 4) is 0 Å². The fourth-order valence-corrected chi connectivity index (χ4v) is 3.28. The molecule has 0 saturated carbocycles. The number of ketones is 1. The van der Waals surface area contributed by atoms with Gasteiger partial charge in [-0.25, -0.2) is 0 Å². The van der Waals surface area contributed by atoms with Gasteiger partial charge in [-0.2, -0.15) is 0 Å². The molecule has 0 fully saturated rings. The lowest BCUT2D eigenvalue weighted by Gasteiger charge is -2.25. The van der Waals surface area contributed by atoms with Crippen molar-refractivity contribution in [1.29, 1.82) is 0 Å². The highest BCUT2D eigenvalue weighted by Crippen LogP contribution is 2.40. The van der Waals surface area contributed by atoms with Gasteiger partial charge in [0, 0.05) is 12.1 Å². The summed E-state index contributed by atoms with van der Waals surface area (Å²) in [5.74, 6) is -1.68. The second-order valence-electron chi connectivity index (χ2n) is 6.33. The van der Waals surface area contributed by atoms with Gasteiger partial charge in [0.15, 0.2) is 11.5 Å². The van der Waals surface area contributed by atoms with Gasteiger partial charge >= 0.3 is 0 Å². The first-order valence-electron chi connectivity index (χ1n) is 8.56. The Morgan fingerprint density at radius 1 is 1.10 bits per heavy atom. The van der Waals surface area contributed by atoms with Crippen LogP contribution in [0.2, 0.25) is 0 Å². The highest BCUT2D eigenvalue weighted by atomic mass is 16.6. The first-order valence-corrected chi connectivity index (χ1v) is 8.56. The van der Waals surface area contributed by atoms with Crippen LogP contribution in [0, 0.1) is 10.1 Å². The summed E-state index contributed by atoms with van der Waals surface area (Å²) in [6.07, 6.45) is 2.75. The van der Waals surface area contributed by atoms with Gasteiger partial charge in [0.1, 0.15) is 5.76 Å². The quantitative estimate of drug-likeness (QED) is 0.385. The Morgan fingerprint density at radius 3 is 2.38 bits per heavy atom. The number of rotatable bonds is 6. The van der Waals surface area contributed by atoms with Crippen LogP contribution in [0.5, 0.6) is 0 Å². The van der Waals surface area contributed by atoms with Crippen molar-refractivity contribution >= 4 is 17.4 Å². The number of furan rings is 2. The third kappa shape index (κ3) is 3.18. The number of non-ortho nitro benzene ring substituents is 1. The lowest BCUT2D eigenvalue weighted by molar-refractivity contribution is -0.384. The van der Waals surface area contributed by atoms with Crippen molar-refractivity contribution in [2.45, 2.75) is 12.6 Å². The molecule has 146 valence electrons. The number of hydrogen-bond donors (Lipinski definition) is 1. The van der Waals surface area contributed by atoms with Crippen LogP contribution in [0.1, 0.15) is 27.9 Å². The van der Waals surface area contributed by atoms with Gasteiger partial charge in [-0.05, 0) is 42.0 Å². The van der Waals surface area contributed by atoms with Crippen LogP contribution < -0.4 is 0 Å². The van der Waals surface area contributed by atoms with Crippen molar-refractivity contribution in [1.82, 2.24) is 4.90 Å². The average molecular weight is 394 g/mol. The number of hydrogen-bond acceptors (Lipinski definition) is 7. The summed E-state index contributed by atoms with van der Waals surface area (Å²) < 4.78 is 10.4. The highest BCUT2D eigenvalue weighted by Gasteiger charge is 2.44. The molecule has 3 aromatic rings. The molecule has 3 heterocycles. The molecule has 1 N–H and O–H groups in total. The maximum Gasteiger partial charge on any atom is 0.290 e. The largest absolute Gasteiger partial charge is 0.503 e. The molecule has 9 nitrogen and oxygen atoms in total. The second-order valence-corrected chi connectivity index (χ2v) is 6.33. The van der Waals surface area contributed by atoms with E-state index < -0.39 is 28.4 Å². The Morgan fingerprint density at radius 2 is 1.79 bits per heavy atom. The molecule has 0 radical (unpaired) electrons. The van der Waals surface area contributed by atoms with Crippen LogP contribution in [0.3, 0.4) is 0 Å². The molecule has 1 atom stereocenters. The molecule has 1 aliphatic heterocycles. The van der Waals surface area contributed by atoms with E-state index in [-0.39, 0.29) is 23.6 Å². The molecule has 9 heteroatoms. The Labute approximate surface area is 163 Å². The van der Waals surface area contributed by atoms with Crippen molar-refractivity contribution in [2.75, 3.05) is 0 Å². The Hall–Kier alpha value is -4.14. The number of nitro groups is 1. The predicted molar refractivity (Wildman–Crippen MR) is 97.8 cm³/mol. The van der Waals surface area contributed by atoms with Crippen molar-refractivity contribution in [3.05, 3.63) is 99.6 Å². The Balaban J connectivity index is 1.79. The van der Waals surface area contributed by atoms with Gasteiger partial charge in [-0.15, -0.1) is 0 Å². The number of benzene rings is 1. The Bertz CT molecular complexity index is 1100. The van der Waals surface area contributed by atoms with E-state index in [9.17, 15) is 24.8 Å². The van der Waals surface area contributed by atoms with Crippen LogP contribution >= 0.6 is 0 Å². The van der Waals surface area contributed by atoms with Gasteiger partial charge in [0.25, 0.3) is 11.6 Å². The summed E-state index contributed by atoms with van der Waals surface area (Å²) in [5.41, 5.74) is 0.127. The maximum atomic E-state index is 12.9. The molecule has 0 spiro atoms. The van der Waals surface area contributed by atoms with Crippen molar-refractivity contribution in [3.63, 3.8) is 0 Å². The normalized spacial score (nSPS) is 16.5. The lowest BCUT2D eigenvalue weighted by Crippen LogP contribution is -2.30. The molecule has 1 aromatic carbocycles. The van der Waals surface area contributed by atoms with E-state index in [4.69, 9.17) is 8.83 Å². The third-order valence-electron chi connectivity index (χ3n) is 4.62. The number of aliphatic hydroxyl groups is 1. The minimum atomic E-state index is -0.967. The van der Waals surface area contributed by atoms with Crippen LogP contribution in [0.25, 0.3) is 0 Å². The van der Waals surface area contributed by atoms with Crippen molar-refractivity contribution in [2.24, 2.45) is 0 Å². The zero-order valence-electron chi connectivity index (χ0n) is 14.8. The van der Waals surface area contributed by atoms with Crippen LogP contribution in [0.15, 0.2) is 81.2 Å². The monoisotopic (exact) mass is 394 g/mol. The molecule has 0 bridgehead atoms. The van der Waals surface area contributed by atoms with Gasteiger partial charge in [0.05, 0.1) is 35.6 Å². The number of Topliss-reactive ketones (excluding diaryl/α,β-unsaturated/α-hetero) is 1. The van der Waals surface area contributed by atoms with Crippen molar-refractivity contribution < 1.29 is 28.5 Å². The molecule has 1 amide bonds. The van der Waals surface area contributed by atoms with Gasteiger partial charge in [-0.1, -0.05) is 0 Å². The summed E-state index contributed by atoms with van der Waals surface area (Å²) in [5, 5.41) is 21.4. The van der Waals surface area contributed by atoms with E-state index in [0.717, 1.165) is 0 Å². The van der Waals surface area contributed by atoms with E-state index in [1.807, 2.05) is 0 Å². The summed E-state index contributed by atoms with van der Waals surface area (Å²) in [6.45, 7) is -0.00746. The number of nitro benzene ring substituents is 1. The number of amides is 1. The van der Waals surface area contributed by atoms with E-state index in [2.05, 4.69) is 0 Å². The van der Waals surface area contributed by atoms with E-state index >= 15 is 0 Å². The number of aliphatic hydroxyl groups excluding tert-OH is 1. The number of carbonyl (C=O) groups excluding carboxylic acids is 2. The molecular formula is C20H14N2O7. The predicted octanol–water partition coefficient (Wildman–Crippen LogP) is 3.56. The van der Waals surface area contributed by atoms with E-state index in [1.54, 1.807) is 12.1 Å². The standard InChI is InChI=1S/C20H14N2O7/c23-18(15-4-2-10-29-15)16-17(12-5-7-13(8-6-12)22(26)27)21(20(25)19(16)24)11-14-3-1-9-28-14/h1-10,17,24H,11H2. The first-order chi connectivity index (χ1) is 14.0. The lowest BCUT2D eigenvalue weighted by atomic mass is 9.95. The molecule has 4 rings (SSSR count). The zero-order chi connectivity index (χ0) is 20.5. The fraction of sp³-hybridized carbons (Fsp3) is 0.100. The molecule has 1 unspecified atom stereocenters. The summed E-state index contributed by atoms with van der Waals surface area (Å²) in [4.78, 5) is 37.4. The molecule has 0 aliphatic carbocycles. The number of nitrogens with zero attached hydrogens (tertiary/aromatic N) is 2. The summed E-state index contributed by atoms with van der Waals surface area (Å²) >= 11 is 0. The minimum Gasteiger partial charge on any atom is -0.503 e. The molecule has 1 aliphatic rings. The highest BCUT2D eigenvalue weighted by molar-refractivity contribution is 6.14. The SMILES string of the molecule is O=C(C1=C(O)C(=O)N(Cc2ccco2)C1c1ccc([N+](=O)[O-])cc1)c1ccco1. The van der Waals surface area contributed by atoms with E-state index in [0.29, 0.717) is 11.3 Å². The van der Waals surface area contributed by atoms with Crippen LogP contribution in [-0.2, 0) is 11.3 Å². The zero-order valence-corrected chi connectivity index (χ0v) is 14.8. The smallest absolute Gasteiger partial charge is 0.290 e. The van der Waals surface area contributed by atoms with Crippen LogP contribution in [0.4, 0.5) is 5.69 Å². The second kappa shape index (κ2) is 7.12. The van der Waals surface area contributed by atoms with E-state index in [1.165, 1.54) is 53.8 Å². The molecular weight excluding hydrogens is 380 g/mol. The first kappa shape index (κ1) is 18.2. The van der Waals surface area contributed by atoms with Gasteiger partial charge in [0.2, 0.25) is 5.78 Å². The Kier molecular flexibility index (Phi) is 4.47. The van der Waals surface area contributed by atoms with Gasteiger partial charge < -0.3 is 18.8 Å². The topological polar surface area (TPSA) is 127 Å². The summed E-state index contributed by atoms with van der Waals surface area (Å²) in [7, 11) is 0.